The summed E-state index contributed by atoms with van der Waals surface area (Å²) in [7, 11) is 0. The number of fused-ring (bicyclic) bond motifs is 2. The molecule has 1 aromatic heterocycles. The van der Waals surface area contributed by atoms with E-state index in [4.69, 9.17) is 26.2 Å². The number of rotatable bonds is 7. The molecule has 0 fully saturated rings. The highest BCUT2D eigenvalue weighted by Gasteiger charge is 2.35. The lowest BCUT2D eigenvalue weighted by Crippen LogP contribution is -2.14. The number of carbonyl (C=O) groups excluding carboxylic acids is 1. The minimum atomic E-state index is -0.218. The molecule has 176 valence electrons. The van der Waals surface area contributed by atoms with Gasteiger partial charge in [0.1, 0.15) is 30.4 Å². The molecule has 5 aromatic rings. The van der Waals surface area contributed by atoms with E-state index in [2.05, 4.69) is 6.58 Å². The number of ether oxygens (including phenoxy) is 2. The average molecular weight is 493 g/mol. The van der Waals surface area contributed by atoms with Gasteiger partial charge in [-0.05, 0) is 35.4 Å². The first-order chi connectivity index (χ1) is 17.7. The molecule has 4 aromatic carbocycles. The Hall–Kier alpha value is -4.35. The third-order valence-electron chi connectivity index (χ3n) is 6.29. The monoisotopic (exact) mass is 492 g/mol. The van der Waals surface area contributed by atoms with E-state index >= 15 is 0 Å². The molecule has 0 atom stereocenters. The molecule has 0 radical (unpaired) electrons. The van der Waals surface area contributed by atoms with E-state index in [1.807, 2.05) is 72.8 Å². The number of nitrogens with zero attached hydrogens (tertiary/aromatic N) is 2. The summed E-state index contributed by atoms with van der Waals surface area (Å²) in [4.78, 5) is 14.0. The molecule has 0 amide bonds. The highest BCUT2D eigenvalue weighted by Crippen LogP contribution is 2.48. The summed E-state index contributed by atoms with van der Waals surface area (Å²) in [6.45, 7) is 4.54. The van der Waals surface area contributed by atoms with Crippen molar-refractivity contribution in [2.24, 2.45) is 0 Å². The van der Waals surface area contributed by atoms with Crippen LogP contribution >= 0.6 is 11.6 Å². The van der Waals surface area contributed by atoms with Gasteiger partial charge in [0.2, 0.25) is 0 Å². The molecule has 5 nitrogen and oxygen atoms in total. The number of benzene rings is 4. The van der Waals surface area contributed by atoms with Gasteiger partial charge in [-0.25, -0.2) is 4.68 Å². The van der Waals surface area contributed by atoms with Crippen LogP contribution in [0.3, 0.4) is 0 Å². The highest BCUT2D eigenvalue weighted by molar-refractivity contribution is 6.39. The smallest absolute Gasteiger partial charge is 0.199 e. The van der Waals surface area contributed by atoms with E-state index in [1.54, 1.807) is 23.0 Å². The summed E-state index contributed by atoms with van der Waals surface area (Å²) in [5.74, 6) is 0.790. The van der Waals surface area contributed by atoms with Gasteiger partial charge in [-0.1, -0.05) is 78.8 Å². The topological polar surface area (TPSA) is 53.4 Å². The van der Waals surface area contributed by atoms with Crippen molar-refractivity contribution in [2.45, 2.75) is 13.2 Å². The Kier molecular flexibility index (Phi) is 5.55. The number of aromatic nitrogens is 2. The molecule has 6 rings (SSSR count). The number of hydrogen-bond donors (Lipinski definition) is 0. The molecule has 0 unspecified atom stereocenters. The van der Waals surface area contributed by atoms with Gasteiger partial charge in [0.05, 0.1) is 27.2 Å². The van der Waals surface area contributed by atoms with Crippen molar-refractivity contribution in [1.29, 1.82) is 0 Å². The van der Waals surface area contributed by atoms with E-state index in [0.29, 0.717) is 57.5 Å². The molecule has 0 saturated heterocycles. The van der Waals surface area contributed by atoms with Crippen LogP contribution in [0.15, 0.2) is 91.5 Å². The standard InChI is InChI=1S/C30H21ClN2O3/c1-2-33-22-14-13-21(31)25-26(22)29(32-33)27-23(35-17-19-9-5-3-6-10-19)15-16-24(28(27)30(25)34)36-18-20-11-7-4-8-12-20/h2-16H,1,17-18H2. The van der Waals surface area contributed by atoms with Crippen LogP contribution in [0.2, 0.25) is 5.02 Å². The predicted molar refractivity (Wildman–Crippen MR) is 142 cm³/mol. The molecular weight excluding hydrogens is 472 g/mol. The first kappa shape index (κ1) is 22.1. The zero-order chi connectivity index (χ0) is 24.6. The van der Waals surface area contributed by atoms with Crippen molar-refractivity contribution in [3.8, 4) is 22.8 Å². The second kappa shape index (κ2) is 9.02. The fourth-order valence-corrected chi connectivity index (χ4v) is 4.85. The van der Waals surface area contributed by atoms with Gasteiger partial charge >= 0.3 is 0 Å². The summed E-state index contributed by atoms with van der Waals surface area (Å²) in [5, 5.41) is 5.84. The van der Waals surface area contributed by atoms with Crippen molar-refractivity contribution in [1.82, 2.24) is 9.78 Å². The zero-order valence-corrected chi connectivity index (χ0v) is 20.0. The van der Waals surface area contributed by atoms with Crippen LogP contribution < -0.4 is 9.47 Å². The number of carbonyl (C=O) groups is 1. The lowest BCUT2D eigenvalue weighted by molar-refractivity contribution is 0.103. The van der Waals surface area contributed by atoms with Crippen LogP contribution in [-0.4, -0.2) is 15.6 Å². The van der Waals surface area contributed by atoms with Gasteiger partial charge in [0, 0.05) is 11.6 Å². The Bertz CT molecular complexity index is 1630. The summed E-state index contributed by atoms with van der Waals surface area (Å²) < 4.78 is 14.1. The van der Waals surface area contributed by atoms with Crippen LogP contribution in [0.1, 0.15) is 27.0 Å². The van der Waals surface area contributed by atoms with Crippen molar-refractivity contribution in [3.63, 3.8) is 0 Å². The Labute approximate surface area is 213 Å². The molecular formula is C30H21ClN2O3. The molecule has 1 aliphatic carbocycles. The first-order valence-corrected chi connectivity index (χ1v) is 11.9. The lowest BCUT2D eigenvalue weighted by atomic mass is 9.86. The van der Waals surface area contributed by atoms with Crippen LogP contribution in [0.25, 0.3) is 28.4 Å². The maximum absolute atomic E-state index is 14.0. The van der Waals surface area contributed by atoms with Gasteiger partial charge < -0.3 is 9.47 Å². The van der Waals surface area contributed by atoms with E-state index in [1.165, 1.54) is 0 Å². The SMILES string of the molecule is C=Cn1nc2c3c(c(Cl)ccc31)C(=O)c1c(OCc3ccccc3)ccc(OCc3ccccc3)c1-2. The first-order valence-electron chi connectivity index (χ1n) is 11.5. The summed E-state index contributed by atoms with van der Waals surface area (Å²) >= 11 is 6.57. The van der Waals surface area contributed by atoms with Gasteiger partial charge in [-0.15, -0.1) is 0 Å². The molecule has 1 aliphatic rings. The summed E-state index contributed by atoms with van der Waals surface area (Å²) in [5.41, 5.74) is 4.79. The molecule has 0 N–H and O–H groups in total. The van der Waals surface area contributed by atoms with Crippen molar-refractivity contribution in [2.75, 3.05) is 0 Å². The Balaban J connectivity index is 1.53. The molecule has 6 heteroatoms. The Morgan fingerprint density at radius 1 is 0.778 bits per heavy atom. The molecule has 0 bridgehead atoms. The van der Waals surface area contributed by atoms with E-state index in [0.717, 1.165) is 16.6 Å². The van der Waals surface area contributed by atoms with Crippen LogP contribution in [0.4, 0.5) is 0 Å². The lowest BCUT2D eigenvalue weighted by Gasteiger charge is -2.22. The van der Waals surface area contributed by atoms with Crippen molar-refractivity contribution in [3.05, 3.63) is 119 Å². The van der Waals surface area contributed by atoms with Gasteiger partial charge in [0.25, 0.3) is 0 Å². The van der Waals surface area contributed by atoms with Gasteiger partial charge in [-0.2, -0.15) is 5.10 Å². The second-order valence-electron chi connectivity index (χ2n) is 8.48. The largest absolute Gasteiger partial charge is 0.488 e. The van der Waals surface area contributed by atoms with E-state index in [-0.39, 0.29) is 5.78 Å². The number of halogens is 1. The fourth-order valence-electron chi connectivity index (χ4n) is 4.61. The molecule has 36 heavy (non-hydrogen) atoms. The van der Waals surface area contributed by atoms with Crippen LogP contribution in [0.5, 0.6) is 11.5 Å². The Morgan fingerprint density at radius 3 is 1.94 bits per heavy atom. The van der Waals surface area contributed by atoms with E-state index in [9.17, 15) is 4.79 Å². The Morgan fingerprint density at radius 2 is 1.36 bits per heavy atom. The number of hydrogen-bond acceptors (Lipinski definition) is 4. The summed E-state index contributed by atoms with van der Waals surface area (Å²) in [6.07, 6.45) is 1.61. The second-order valence-corrected chi connectivity index (χ2v) is 8.89. The van der Waals surface area contributed by atoms with Crippen molar-refractivity contribution >= 4 is 34.5 Å². The van der Waals surface area contributed by atoms with E-state index < -0.39 is 0 Å². The van der Waals surface area contributed by atoms with Gasteiger partial charge in [0.15, 0.2) is 5.78 Å². The predicted octanol–water partition coefficient (Wildman–Crippen LogP) is 7.16. The van der Waals surface area contributed by atoms with Gasteiger partial charge in [-0.3, -0.25) is 4.79 Å². The van der Waals surface area contributed by atoms with Crippen molar-refractivity contribution < 1.29 is 14.3 Å². The normalized spacial score (nSPS) is 11.9. The minimum Gasteiger partial charge on any atom is -0.488 e. The molecule has 0 aliphatic heterocycles. The highest BCUT2D eigenvalue weighted by atomic mass is 35.5. The maximum atomic E-state index is 14.0. The molecule has 0 spiro atoms. The number of ketones is 1. The molecule has 1 heterocycles. The zero-order valence-electron chi connectivity index (χ0n) is 19.3. The maximum Gasteiger partial charge on any atom is 0.199 e. The van der Waals surface area contributed by atoms with Crippen LogP contribution in [0, 0.1) is 0 Å². The average Bonchev–Trinajstić information content (AvgIpc) is 3.30. The molecule has 0 saturated carbocycles. The minimum absolute atomic E-state index is 0.218. The third kappa shape index (κ3) is 3.65. The fraction of sp³-hybridized carbons (Fsp3) is 0.0667. The summed E-state index contributed by atoms with van der Waals surface area (Å²) in [6, 6.07) is 26.9. The third-order valence-corrected chi connectivity index (χ3v) is 6.61. The quantitative estimate of drug-likeness (QED) is 0.237. The van der Waals surface area contributed by atoms with Crippen LogP contribution in [-0.2, 0) is 13.2 Å².